The molecule has 0 heterocycles. The number of hydrogen-bond acceptors (Lipinski definition) is 4. The van der Waals surface area contributed by atoms with Crippen molar-refractivity contribution in [3.05, 3.63) is 29.8 Å². The molecule has 18 heavy (non-hydrogen) atoms. The maximum atomic E-state index is 11.0. The van der Waals surface area contributed by atoms with Crippen molar-refractivity contribution in [1.82, 2.24) is 5.32 Å². The van der Waals surface area contributed by atoms with Gasteiger partial charge in [0.15, 0.2) is 0 Å². The fourth-order valence-electron chi connectivity index (χ4n) is 1.44. The summed E-state index contributed by atoms with van der Waals surface area (Å²) in [5, 5.41) is 16.7. The quantitative estimate of drug-likeness (QED) is 0.689. The molecule has 1 rings (SSSR count). The summed E-state index contributed by atoms with van der Waals surface area (Å²) in [6, 6.07) is 5.38. The fraction of sp³-hybridized carbons (Fsp3) is 0.364. The number of benzene rings is 1. The average Bonchev–Trinajstić information content (AvgIpc) is 2.29. The van der Waals surface area contributed by atoms with Crippen LogP contribution in [0, 0.1) is 0 Å². The van der Waals surface area contributed by atoms with Crippen molar-refractivity contribution in [3.8, 4) is 0 Å². The van der Waals surface area contributed by atoms with E-state index in [0.717, 1.165) is 5.56 Å². The number of sulfonamides is 1. The lowest BCUT2D eigenvalue weighted by Crippen LogP contribution is -2.35. The van der Waals surface area contributed by atoms with Crippen LogP contribution in [0.25, 0.3) is 0 Å². The Kier molecular flexibility index (Phi) is 4.83. The first-order valence-corrected chi connectivity index (χ1v) is 6.97. The smallest absolute Gasteiger partial charge is 0.320 e. The van der Waals surface area contributed by atoms with E-state index < -0.39 is 22.0 Å². The van der Waals surface area contributed by atoms with Gasteiger partial charge in [-0.25, -0.2) is 13.6 Å². The molecular weight excluding hydrogens is 256 g/mol. The number of carbonyl (C=O) groups is 1. The molecule has 100 valence electrons. The number of hydrogen-bond donors (Lipinski definition) is 3. The maximum Gasteiger partial charge on any atom is 0.320 e. The van der Waals surface area contributed by atoms with Crippen LogP contribution in [0.2, 0.25) is 0 Å². The molecule has 0 saturated heterocycles. The molecule has 1 atom stereocenters. The van der Waals surface area contributed by atoms with Gasteiger partial charge in [0.1, 0.15) is 6.04 Å². The van der Waals surface area contributed by atoms with Crippen molar-refractivity contribution >= 4 is 16.0 Å². The molecule has 1 aromatic rings. The zero-order chi connectivity index (χ0) is 13.8. The number of primary sulfonamides is 1. The summed E-state index contributed by atoms with van der Waals surface area (Å²) < 4.78 is 22.1. The van der Waals surface area contributed by atoms with Crippen molar-refractivity contribution in [3.63, 3.8) is 0 Å². The molecule has 1 aromatic carbocycles. The first-order chi connectivity index (χ1) is 8.34. The van der Waals surface area contributed by atoms with Gasteiger partial charge in [0.2, 0.25) is 10.0 Å². The van der Waals surface area contributed by atoms with Gasteiger partial charge in [-0.05, 0) is 24.1 Å². The minimum absolute atomic E-state index is 0.0385. The largest absolute Gasteiger partial charge is 0.480 e. The zero-order valence-corrected chi connectivity index (χ0v) is 10.8. The van der Waals surface area contributed by atoms with Crippen LogP contribution in [-0.4, -0.2) is 25.5 Å². The third-order valence-corrected chi connectivity index (χ3v) is 3.44. The lowest BCUT2D eigenvalue weighted by atomic mass is 10.2. The van der Waals surface area contributed by atoms with Crippen molar-refractivity contribution in [2.45, 2.75) is 30.8 Å². The van der Waals surface area contributed by atoms with E-state index in [1.165, 1.54) is 12.1 Å². The molecule has 7 heteroatoms. The van der Waals surface area contributed by atoms with E-state index in [0.29, 0.717) is 13.0 Å². The first kappa shape index (κ1) is 14.6. The number of carboxylic acid groups (broad SMARTS) is 1. The second-order valence-electron chi connectivity index (χ2n) is 3.87. The van der Waals surface area contributed by atoms with E-state index in [1.807, 2.05) is 0 Å². The van der Waals surface area contributed by atoms with Crippen LogP contribution in [0.5, 0.6) is 0 Å². The van der Waals surface area contributed by atoms with Crippen LogP contribution in [0.1, 0.15) is 18.9 Å². The summed E-state index contributed by atoms with van der Waals surface area (Å²) >= 11 is 0. The van der Waals surface area contributed by atoms with E-state index in [9.17, 15) is 13.2 Å². The summed E-state index contributed by atoms with van der Waals surface area (Å²) in [6.45, 7) is 2.13. The Labute approximate surface area is 106 Å². The Hall–Kier alpha value is -1.44. The van der Waals surface area contributed by atoms with E-state index in [4.69, 9.17) is 10.2 Å². The van der Waals surface area contributed by atoms with Gasteiger partial charge in [-0.3, -0.25) is 4.79 Å². The Morgan fingerprint density at radius 2 is 1.94 bits per heavy atom. The molecule has 0 bridgehead atoms. The highest BCUT2D eigenvalue weighted by Crippen LogP contribution is 2.08. The molecular formula is C11H16N2O4S. The molecule has 0 aliphatic heterocycles. The number of rotatable bonds is 6. The van der Waals surface area contributed by atoms with Crippen molar-refractivity contribution in [2.75, 3.05) is 0 Å². The summed E-state index contributed by atoms with van der Waals surface area (Å²) in [7, 11) is -3.68. The molecule has 0 aromatic heterocycles. The Morgan fingerprint density at radius 3 is 2.33 bits per heavy atom. The highest BCUT2D eigenvalue weighted by Gasteiger charge is 2.13. The van der Waals surface area contributed by atoms with Gasteiger partial charge < -0.3 is 10.4 Å². The van der Waals surface area contributed by atoms with Crippen molar-refractivity contribution in [1.29, 1.82) is 0 Å². The van der Waals surface area contributed by atoms with E-state index in [1.54, 1.807) is 19.1 Å². The highest BCUT2D eigenvalue weighted by molar-refractivity contribution is 7.89. The van der Waals surface area contributed by atoms with Crippen LogP contribution >= 0.6 is 0 Å². The average molecular weight is 272 g/mol. The second-order valence-corrected chi connectivity index (χ2v) is 5.43. The standard InChI is InChI=1S/C11H16N2O4S/c1-2-10(11(14)15)13-7-8-3-5-9(6-4-8)18(12,16)17/h3-6,10,13H,2,7H2,1H3,(H,14,15)(H2,12,16,17). The summed E-state index contributed by atoms with van der Waals surface area (Å²) in [6.07, 6.45) is 0.477. The molecule has 4 N–H and O–H groups in total. The van der Waals surface area contributed by atoms with Gasteiger partial charge >= 0.3 is 5.97 Å². The molecule has 6 nitrogen and oxygen atoms in total. The molecule has 0 spiro atoms. The van der Waals surface area contributed by atoms with Gasteiger partial charge in [-0.1, -0.05) is 19.1 Å². The van der Waals surface area contributed by atoms with Gasteiger partial charge in [-0.15, -0.1) is 0 Å². The minimum Gasteiger partial charge on any atom is -0.480 e. The topological polar surface area (TPSA) is 109 Å². The number of aliphatic carboxylic acids is 1. The summed E-state index contributed by atoms with van der Waals surface area (Å²) in [5.41, 5.74) is 0.794. The lowest BCUT2D eigenvalue weighted by molar-refractivity contribution is -0.139. The predicted octanol–water partition coefficient (Wildman–Crippen LogP) is 0.287. The summed E-state index contributed by atoms with van der Waals surface area (Å²) in [5.74, 6) is -0.904. The molecule has 0 fully saturated rings. The Morgan fingerprint density at radius 1 is 1.39 bits per heavy atom. The fourth-order valence-corrected chi connectivity index (χ4v) is 1.96. The number of nitrogens with one attached hydrogen (secondary N) is 1. The van der Waals surface area contributed by atoms with E-state index >= 15 is 0 Å². The maximum absolute atomic E-state index is 11.0. The van der Waals surface area contributed by atoms with Crippen LogP contribution < -0.4 is 10.5 Å². The summed E-state index contributed by atoms with van der Waals surface area (Å²) in [4.78, 5) is 10.8. The molecule has 0 saturated carbocycles. The first-order valence-electron chi connectivity index (χ1n) is 5.42. The number of carboxylic acids is 1. The number of nitrogens with two attached hydrogens (primary N) is 1. The van der Waals surface area contributed by atoms with Gasteiger partial charge in [0.05, 0.1) is 4.90 Å². The monoisotopic (exact) mass is 272 g/mol. The van der Waals surface area contributed by atoms with Crippen LogP contribution in [0.15, 0.2) is 29.2 Å². The molecule has 0 aliphatic carbocycles. The van der Waals surface area contributed by atoms with E-state index in [2.05, 4.69) is 5.32 Å². The molecule has 0 amide bonds. The van der Waals surface area contributed by atoms with Gasteiger partial charge in [0, 0.05) is 6.54 Å². The highest BCUT2D eigenvalue weighted by atomic mass is 32.2. The SMILES string of the molecule is CCC(NCc1ccc(S(N)(=O)=O)cc1)C(=O)O. The predicted molar refractivity (Wildman–Crippen MR) is 66.4 cm³/mol. The van der Waals surface area contributed by atoms with Gasteiger partial charge in [0.25, 0.3) is 0 Å². The minimum atomic E-state index is -3.68. The Bertz CT molecular complexity index is 510. The molecule has 1 unspecified atom stereocenters. The molecule has 0 radical (unpaired) electrons. The third kappa shape index (κ3) is 4.10. The second kappa shape index (κ2) is 5.94. The normalized spacial score (nSPS) is 13.2. The zero-order valence-electron chi connectivity index (χ0n) is 9.96. The third-order valence-electron chi connectivity index (χ3n) is 2.51. The van der Waals surface area contributed by atoms with Crippen LogP contribution in [0.4, 0.5) is 0 Å². The van der Waals surface area contributed by atoms with Crippen LogP contribution in [0.3, 0.4) is 0 Å². The molecule has 0 aliphatic rings. The van der Waals surface area contributed by atoms with E-state index in [-0.39, 0.29) is 4.90 Å². The lowest BCUT2D eigenvalue weighted by Gasteiger charge is -2.12. The van der Waals surface area contributed by atoms with Crippen molar-refractivity contribution in [2.24, 2.45) is 5.14 Å². The van der Waals surface area contributed by atoms with Crippen molar-refractivity contribution < 1.29 is 18.3 Å². The van der Waals surface area contributed by atoms with Gasteiger partial charge in [-0.2, -0.15) is 0 Å². The van der Waals surface area contributed by atoms with Crippen LogP contribution in [-0.2, 0) is 21.4 Å². The Balaban J connectivity index is 2.67.